The van der Waals surface area contributed by atoms with Gasteiger partial charge in [0.05, 0.1) is 39.5 Å². The van der Waals surface area contributed by atoms with Gasteiger partial charge in [-0.1, -0.05) is 48.0 Å². The normalized spacial score (nSPS) is 10.9. The van der Waals surface area contributed by atoms with Crippen molar-refractivity contribution < 1.29 is 8.78 Å². The Bertz CT molecular complexity index is 1920. The van der Waals surface area contributed by atoms with Crippen molar-refractivity contribution in [2.45, 2.75) is 0 Å². The van der Waals surface area contributed by atoms with E-state index in [0.29, 0.717) is 5.02 Å². The van der Waals surface area contributed by atoms with E-state index in [-0.39, 0.29) is 11.6 Å². The summed E-state index contributed by atoms with van der Waals surface area (Å²) in [6, 6.07) is 32.0. The van der Waals surface area contributed by atoms with E-state index < -0.39 is 0 Å². The number of fused-ring (bicyclic) bond motifs is 2. The number of benzene rings is 4. The maximum Gasteiger partial charge on any atom is 0.123 e. The molecule has 3 aromatic heterocycles. The second kappa shape index (κ2) is 11.0. The Kier molecular flexibility index (Phi) is 7.00. The highest BCUT2D eigenvalue weighted by Crippen LogP contribution is 2.29. The average Bonchev–Trinajstić information content (AvgIpc) is 3.53. The quantitative estimate of drug-likeness (QED) is 0.222. The molecule has 4 aromatic carbocycles. The van der Waals surface area contributed by atoms with Crippen LogP contribution in [0.15, 0.2) is 128 Å². The van der Waals surface area contributed by atoms with Crippen LogP contribution in [0.5, 0.6) is 0 Å². The van der Waals surface area contributed by atoms with Gasteiger partial charge < -0.3 is 4.57 Å². The number of rotatable bonds is 3. The first-order valence-corrected chi connectivity index (χ1v) is 12.9. The maximum absolute atomic E-state index is 13.1. The fourth-order valence-electron chi connectivity index (χ4n) is 4.44. The molecular weight excluding hydrogens is 526 g/mol. The molecule has 0 spiro atoms. The topological polar surface area (TPSA) is 43.6 Å². The Labute approximate surface area is 234 Å². The minimum absolute atomic E-state index is 0.251. The molecule has 0 aliphatic heterocycles. The largest absolute Gasteiger partial charge is 0.306 e. The molecule has 7 heteroatoms. The number of hydrogen-bond acceptors (Lipinski definition) is 3. The van der Waals surface area contributed by atoms with Gasteiger partial charge >= 0.3 is 0 Å². The number of aromatic nitrogens is 4. The summed E-state index contributed by atoms with van der Waals surface area (Å²) in [5.74, 6) is -0.509. The third kappa shape index (κ3) is 5.30. The first-order valence-electron chi connectivity index (χ1n) is 12.5. The lowest BCUT2D eigenvalue weighted by atomic mass is 10.1. The summed E-state index contributed by atoms with van der Waals surface area (Å²) < 4.78 is 28.0. The van der Waals surface area contributed by atoms with Crippen molar-refractivity contribution in [1.82, 2.24) is 19.5 Å². The summed E-state index contributed by atoms with van der Waals surface area (Å²) in [5, 5.41) is 2.62. The highest BCUT2D eigenvalue weighted by atomic mass is 35.5. The lowest BCUT2D eigenvalue weighted by molar-refractivity contribution is 0.627. The Morgan fingerprint density at radius 3 is 1.70 bits per heavy atom. The van der Waals surface area contributed by atoms with E-state index in [1.54, 1.807) is 42.9 Å². The summed E-state index contributed by atoms with van der Waals surface area (Å²) in [7, 11) is 0. The molecule has 0 amide bonds. The summed E-state index contributed by atoms with van der Waals surface area (Å²) in [5.41, 5.74) is 6.03. The SMILES string of the molecule is Fc1ccc(-c2cc(-n3ccnc3)c3ccccc3n2)cc1.Fc1ccc(-c2cc(Cl)c3ccccc3n2)cc1. The van der Waals surface area contributed by atoms with Crippen molar-refractivity contribution in [3.8, 4) is 28.2 Å². The van der Waals surface area contributed by atoms with E-state index in [0.717, 1.165) is 50.0 Å². The highest BCUT2D eigenvalue weighted by molar-refractivity contribution is 6.35. The van der Waals surface area contributed by atoms with Gasteiger partial charge in [0, 0.05) is 34.3 Å². The van der Waals surface area contributed by atoms with Crippen molar-refractivity contribution in [2.75, 3.05) is 0 Å². The van der Waals surface area contributed by atoms with Crippen LogP contribution >= 0.6 is 11.6 Å². The molecule has 0 aliphatic rings. The van der Waals surface area contributed by atoms with E-state index >= 15 is 0 Å². The van der Waals surface area contributed by atoms with Crippen LogP contribution in [0.4, 0.5) is 8.78 Å². The number of halogens is 3. The average molecular weight is 547 g/mol. The first kappa shape index (κ1) is 25.3. The van der Waals surface area contributed by atoms with Gasteiger partial charge in [-0.15, -0.1) is 0 Å². The van der Waals surface area contributed by atoms with Crippen LogP contribution in [0, 0.1) is 11.6 Å². The minimum atomic E-state index is -0.259. The molecule has 40 heavy (non-hydrogen) atoms. The molecule has 3 heterocycles. The fourth-order valence-corrected chi connectivity index (χ4v) is 4.71. The molecule has 0 atom stereocenters. The van der Waals surface area contributed by atoms with Gasteiger partial charge in [0.1, 0.15) is 11.6 Å². The second-order valence-corrected chi connectivity index (χ2v) is 9.44. The third-order valence-corrected chi connectivity index (χ3v) is 6.74. The Morgan fingerprint density at radius 2 is 1.12 bits per heavy atom. The van der Waals surface area contributed by atoms with E-state index in [4.69, 9.17) is 11.6 Å². The van der Waals surface area contributed by atoms with Gasteiger partial charge in [0.2, 0.25) is 0 Å². The number of pyridine rings is 2. The molecule has 0 fully saturated rings. The Hall–Kier alpha value is -4.94. The van der Waals surface area contributed by atoms with E-state index in [9.17, 15) is 8.78 Å². The van der Waals surface area contributed by atoms with Gasteiger partial charge in [0.25, 0.3) is 0 Å². The Morgan fingerprint density at radius 1 is 0.600 bits per heavy atom. The van der Waals surface area contributed by atoms with E-state index in [1.807, 2.05) is 65.4 Å². The van der Waals surface area contributed by atoms with Gasteiger partial charge in [0.15, 0.2) is 0 Å². The number of nitrogens with zero attached hydrogens (tertiary/aromatic N) is 4. The fraction of sp³-hybridized carbons (Fsp3) is 0. The molecule has 0 radical (unpaired) electrons. The Balaban J connectivity index is 0.000000148. The summed E-state index contributed by atoms with van der Waals surface area (Å²) in [4.78, 5) is 13.3. The van der Waals surface area contributed by atoms with Crippen LogP contribution in [-0.2, 0) is 0 Å². The monoisotopic (exact) mass is 546 g/mol. The predicted octanol–water partition coefficient (Wildman–Crippen LogP) is 8.92. The van der Waals surface area contributed by atoms with Crippen LogP contribution in [0.1, 0.15) is 0 Å². The number of imidazole rings is 1. The van der Waals surface area contributed by atoms with Gasteiger partial charge in [-0.3, -0.25) is 0 Å². The standard InChI is InChI=1S/C18H12FN3.C15H9ClFN/c19-14-7-5-13(6-8-14)17-11-18(22-10-9-20-12-22)15-3-1-2-4-16(15)21-17;16-13-9-15(10-5-7-11(17)8-6-10)18-14-4-2-1-3-12(13)14/h1-12H;1-9H. The van der Waals surface area contributed by atoms with Crippen molar-refractivity contribution in [3.63, 3.8) is 0 Å². The van der Waals surface area contributed by atoms with Crippen LogP contribution in [0.2, 0.25) is 5.02 Å². The third-order valence-electron chi connectivity index (χ3n) is 6.42. The minimum Gasteiger partial charge on any atom is -0.306 e. The molecule has 0 N–H and O–H groups in total. The number of hydrogen-bond donors (Lipinski definition) is 0. The molecule has 0 unspecified atom stereocenters. The number of para-hydroxylation sites is 2. The molecule has 194 valence electrons. The van der Waals surface area contributed by atoms with Crippen LogP contribution in [0.3, 0.4) is 0 Å². The van der Waals surface area contributed by atoms with Crippen LogP contribution in [0.25, 0.3) is 50.0 Å². The van der Waals surface area contributed by atoms with Crippen molar-refractivity contribution >= 4 is 33.4 Å². The van der Waals surface area contributed by atoms with Gasteiger partial charge in [-0.2, -0.15) is 0 Å². The van der Waals surface area contributed by atoms with Crippen molar-refractivity contribution in [3.05, 3.63) is 145 Å². The van der Waals surface area contributed by atoms with Crippen molar-refractivity contribution in [2.24, 2.45) is 0 Å². The molecule has 0 aliphatic carbocycles. The summed E-state index contributed by atoms with van der Waals surface area (Å²) >= 11 is 6.23. The molecular formula is C33H21ClF2N4. The predicted molar refractivity (Wildman–Crippen MR) is 156 cm³/mol. The molecule has 4 nitrogen and oxygen atoms in total. The van der Waals surface area contributed by atoms with E-state index in [2.05, 4.69) is 15.0 Å². The van der Waals surface area contributed by atoms with Crippen molar-refractivity contribution in [1.29, 1.82) is 0 Å². The van der Waals surface area contributed by atoms with E-state index in [1.165, 1.54) is 24.3 Å². The maximum atomic E-state index is 13.1. The second-order valence-electron chi connectivity index (χ2n) is 9.03. The zero-order chi connectivity index (χ0) is 27.5. The summed E-state index contributed by atoms with van der Waals surface area (Å²) in [6.07, 6.45) is 5.40. The van der Waals surface area contributed by atoms with Crippen LogP contribution < -0.4 is 0 Å². The lowest BCUT2D eigenvalue weighted by Crippen LogP contribution is -1.95. The zero-order valence-electron chi connectivity index (χ0n) is 21.0. The molecule has 0 saturated heterocycles. The van der Waals surface area contributed by atoms with Crippen LogP contribution in [-0.4, -0.2) is 19.5 Å². The highest BCUT2D eigenvalue weighted by Gasteiger charge is 2.09. The molecule has 0 bridgehead atoms. The first-order chi connectivity index (χ1) is 19.5. The zero-order valence-corrected chi connectivity index (χ0v) is 21.8. The van der Waals surface area contributed by atoms with Gasteiger partial charge in [-0.25, -0.2) is 23.7 Å². The molecule has 7 aromatic rings. The lowest BCUT2D eigenvalue weighted by Gasteiger charge is -2.10. The molecule has 7 rings (SSSR count). The molecule has 0 saturated carbocycles. The smallest absolute Gasteiger partial charge is 0.123 e. The summed E-state index contributed by atoms with van der Waals surface area (Å²) in [6.45, 7) is 0. The van der Waals surface area contributed by atoms with Gasteiger partial charge in [-0.05, 0) is 72.8 Å².